The van der Waals surface area contributed by atoms with Crippen LogP contribution in [-0.2, 0) is 21.1 Å². The minimum absolute atomic E-state index is 0.172. The number of nitrogens with one attached hydrogen (secondary N) is 1. The number of rotatable bonds is 7. The summed E-state index contributed by atoms with van der Waals surface area (Å²) in [5, 5.41) is 2.98. The molecule has 0 aliphatic heterocycles. The van der Waals surface area contributed by atoms with Crippen molar-refractivity contribution in [1.82, 2.24) is 5.32 Å². The van der Waals surface area contributed by atoms with E-state index in [-0.39, 0.29) is 23.3 Å². The van der Waals surface area contributed by atoms with Gasteiger partial charge in [0.15, 0.2) is 9.84 Å². The number of aryl methyl sites for hydroxylation is 1. The van der Waals surface area contributed by atoms with Crippen LogP contribution < -0.4 is 11.1 Å². The number of carbonyl (C=O) groups excluding carboxylic acids is 1. The Morgan fingerprint density at radius 1 is 1.12 bits per heavy atom. The van der Waals surface area contributed by atoms with E-state index < -0.39 is 15.9 Å². The molecule has 2 aromatic carbocycles. The average molecular weight is 375 g/mol. The van der Waals surface area contributed by atoms with E-state index in [1.165, 1.54) is 11.8 Å². The lowest BCUT2D eigenvalue weighted by Crippen LogP contribution is -2.33. The second-order valence-corrected chi connectivity index (χ2v) is 8.64. The maximum Gasteiger partial charge on any atom is 0.222 e. The third-order valence-electron chi connectivity index (χ3n) is 4.15. The zero-order valence-electron chi connectivity index (χ0n) is 15.4. The van der Waals surface area contributed by atoms with Crippen LogP contribution in [0.25, 0.3) is 0 Å². The standard InChI is InChI=1S/C20H26N2O3S/c1-4-15-8-10-16(11-9-15)20(22-19(23)12-14(2)21)17-6-5-7-18(13-17)26(3,24)25/h5-11,13-14,20H,4,12,21H2,1-3H3,(H,22,23). The van der Waals surface area contributed by atoms with Crippen LogP contribution in [0.3, 0.4) is 0 Å². The highest BCUT2D eigenvalue weighted by atomic mass is 32.2. The van der Waals surface area contributed by atoms with Gasteiger partial charge in [0.1, 0.15) is 0 Å². The zero-order valence-corrected chi connectivity index (χ0v) is 16.2. The predicted molar refractivity (Wildman–Crippen MR) is 104 cm³/mol. The van der Waals surface area contributed by atoms with E-state index in [1.807, 2.05) is 30.3 Å². The van der Waals surface area contributed by atoms with Crippen molar-refractivity contribution in [3.63, 3.8) is 0 Å². The van der Waals surface area contributed by atoms with Gasteiger partial charge in [-0.2, -0.15) is 0 Å². The Labute approximate surface area is 155 Å². The van der Waals surface area contributed by atoms with Gasteiger partial charge in [-0.1, -0.05) is 43.3 Å². The Bertz CT molecular complexity index is 859. The number of nitrogens with two attached hydrogens (primary N) is 1. The first-order valence-electron chi connectivity index (χ1n) is 8.64. The fourth-order valence-corrected chi connectivity index (χ4v) is 3.42. The summed E-state index contributed by atoms with van der Waals surface area (Å²) in [5.74, 6) is -0.172. The van der Waals surface area contributed by atoms with Crippen LogP contribution in [0.15, 0.2) is 53.4 Å². The van der Waals surface area contributed by atoms with Gasteiger partial charge in [-0.25, -0.2) is 8.42 Å². The van der Waals surface area contributed by atoms with Gasteiger partial charge < -0.3 is 11.1 Å². The highest BCUT2D eigenvalue weighted by Gasteiger charge is 2.19. The molecule has 0 radical (unpaired) electrons. The van der Waals surface area contributed by atoms with E-state index in [9.17, 15) is 13.2 Å². The molecule has 0 aliphatic rings. The summed E-state index contributed by atoms with van der Waals surface area (Å²) < 4.78 is 23.8. The molecular formula is C20H26N2O3S. The highest BCUT2D eigenvalue weighted by molar-refractivity contribution is 7.90. The molecule has 26 heavy (non-hydrogen) atoms. The monoisotopic (exact) mass is 374 g/mol. The molecular weight excluding hydrogens is 348 g/mol. The van der Waals surface area contributed by atoms with Crippen molar-refractivity contribution in [1.29, 1.82) is 0 Å². The molecule has 0 spiro atoms. The van der Waals surface area contributed by atoms with Crippen LogP contribution in [0.2, 0.25) is 0 Å². The number of hydrogen-bond donors (Lipinski definition) is 2. The van der Waals surface area contributed by atoms with Crippen LogP contribution in [0.5, 0.6) is 0 Å². The van der Waals surface area contributed by atoms with E-state index >= 15 is 0 Å². The molecule has 2 aromatic rings. The smallest absolute Gasteiger partial charge is 0.222 e. The molecule has 1 amide bonds. The third-order valence-corrected chi connectivity index (χ3v) is 5.26. The van der Waals surface area contributed by atoms with Gasteiger partial charge in [-0.15, -0.1) is 0 Å². The zero-order chi connectivity index (χ0) is 19.3. The molecule has 2 atom stereocenters. The van der Waals surface area contributed by atoms with Crippen molar-refractivity contribution in [3.05, 3.63) is 65.2 Å². The van der Waals surface area contributed by atoms with Gasteiger partial charge in [0.05, 0.1) is 10.9 Å². The molecule has 140 valence electrons. The molecule has 5 nitrogen and oxygen atoms in total. The lowest BCUT2D eigenvalue weighted by Gasteiger charge is -2.21. The van der Waals surface area contributed by atoms with Crippen molar-refractivity contribution in [2.45, 2.75) is 43.7 Å². The number of benzene rings is 2. The second kappa shape index (κ2) is 8.47. The van der Waals surface area contributed by atoms with Crippen LogP contribution in [-0.4, -0.2) is 26.6 Å². The Kier molecular flexibility index (Phi) is 6.56. The first-order chi connectivity index (χ1) is 12.2. The molecule has 0 bridgehead atoms. The first kappa shape index (κ1) is 20.1. The summed E-state index contributed by atoms with van der Waals surface area (Å²) >= 11 is 0. The molecule has 0 aromatic heterocycles. The van der Waals surface area contributed by atoms with Crippen LogP contribution in [0, 0.1) is 0 Å². The third kappa shape index (κ3) is 5.41. The largest absolute Gasteiger partial charge is 0.345 e. The molecule has 3 N–H and O–H groups in total. The van der Waals surface area contributed by atoms with Crippen LogP contribution in [0.1, 0.15) is 43.0 Å². The lowest BCUT2D eigenvalue weighted by molar-refractivity contribution is -0.121. The molecule has 0 fully saturated rings. The molecule has 2 rings (SSSR count). The van der Waals surface area contributed by atoms with Crippen LogP contribution >= 0.6 is 0 Å². The Balaban J connectivity index is 2.44. The van der Waals surface area contributed by atoms with Crippen molar-refractivity contribution < 1.29 is 13.2 Å². The Morgan fingerprint density at radius 2 is 1.77 bits per heavy atom. The number of hydrogen-bond acceptors (Lipinski definition) is 4. The fraction of sp³-hybridized carbons (Fsp3) is 0.350. The summed E-state index contributed by atoms with van der Waals surface area (Å²) in [5.41, 5.74) is 8.53. The summed E-state index contributed by atoms with van der Waals surface area (Å²) in [7, 11) is -3.33. The molecule has 6 heteroatoms. The maximum absolute atomic E-state index is 12.3. The van der Waals surface area contributed by atoms with E-state index in [0.29, 0.717) is 0 Å². The second-order valence-electron chi connectivity index (χ2n) is 6.62. The molecule has 2 unspecified atom stereocenters. The van der Waals surface area contributed by atoms with Gasteiger partial charge in [0, 0.05) is 18.7 Å². The van der Waals surface area contributed by atoms with E-state index in [1.54, 1.807) is 25.1 Å². The minimum atomic E-state index is -3.33. The Hall–Kier alpha value is -2.18. The van der Waals surface area contributed by atoms with Crippen molar-refractivity contribution in [2.24, 2.45) is 5.73 Å². The van der Waals surface area contributed by atoms with Crippen molar-refractivity contribution in [2.75, 3.05) is 6.26 Å². The first-order valence-corrected chi connectivity index (χ1v) is 10.5. The van der Waals surface area contributed by atoms with Gasteiger partial charge in [-0.05, 0) is 42.2 Å². The predicted octanol–water partition coefficient (Wildman–Crippen LogP) is 2.60. The summed E-state index contributed by atoms with van der Waals surface area (Å²) in [6.45, 7) is 3.85. The summed E-state index contributed by atoms with van der Waals surface area (Å²) in [4.78, 5) is 12.5. The Morgan fingerprint density at radius 3 is 2.31 bits per heavy atom. The molecule has 0 saturated heterocycles. The van der Waals surface area contributed by atoms with Crippen LogP contribution in [0.4, 0.5) is 0 Å². The fourth-order valence-electron chi connectivity index (χ4n) is 2.74. The van der Waals surface area contributed by atoms with Gasteiger partial charge in [0.25, 0.3) is 0 Å². The van der Waals surface area contributed by atoms with E-state index in [4.69, 9.17) is 5.73 Å². The lowest BCUT2D eigenvalue weighted by atomic mass is 9.97. The van der Waals surface area contributed by atoms with Crippen molar-refractivity contribution >= 4 is 15.7 Å². The summed E-state index contributed by atoms with van der Waals surface area (Å²) in [6.07, 6.45) is 2.30. The van der Waals surface area contributed by atoms with Gasteiger partial charge in [-0.3, -0.25) is 4.79 Å². The topological polar surface area (TPSA) is 89.3 Å². The van der Waals surface area contributed by atoms with Gasteiger partial charge in [0.2, 0.25) is 5.91 Å². The highest BCUT2D eigenvalue weighted by Crippen LogP contribution is 2.25. The molecule has 0 heterocycles. The number of sulfone groups is 1. The maximum atomic E-state index is 12.3. The van der Waals surface area contributed by atoms with E-state index in [0.717, 1.165) is 17.5 Å². The van der Waals surface area contributed by atoms with Crippen molar-refractivity contribution in [3.8, 4) is 0 Å². The number of amides is 1. The molecule has 0 aliphatic carbocycles. The number of carbonyl (C=O) groups is 1. The summed E-state index contributed by atoms with van der Waals surface area (Å²) in [6, 6.07) is 13.9. The van der Waals surface area contributed by atoms with Gasteiger partial charge >= 0.3 is 0 Å². The SMILES string of the molecule is CCc1ccc(C(NC(=O)CC(C)N)c2cccc(S(C)(=O)=O)c2)cc1. The molecule has 0 saturated carbocycles. The average Bonchev–Trinajstić information content (AvgIpc) is 2.58. The van der Waals surface area contributed by atoms with E-state index in [2.05, 4.69) is 12.2 Å². The quantitative estimate of drug-likeness (QED) is 0.779. The minimum Gasteiger partial charge on any atom is -0.345 e. The normalized spacial score (nSPS) is 13.8.